The minimum atomic E-state index is -0.697. The average molecular weight is 170 g/mol. The highest BCUT2D eigenvalue weighted by Gasteiger charge is 2.28. The second kappa shape index (κ2) is 3.44. The van der Waals surface area contributed by atoms with Gasteiger partial charge in [0.25, 0.3) is 0 Å². The molecule has 1 amide bonds. The number of nitrogens with zero attached hydrogens (tertiary/aromatic N) is 1. The van der Waals surface area contributed by atoms with Gasteiger partial charge in [-0.1, -0.05) is 0 Å². The quantitative estimate of drug-likeness (QED) is 0.630. The summed E-state index contributed by atoms with van der Waals surface area (Å²) in [6, 6.07) is 0. The fourth-order valence-electron chi connectivity index (χ4n) is 1.50. The average Bonchev–Trinajstić information content (AvgIpc) is 2.03. The van der Waals surface area contributed by atoms with Crippen LogP contribution in [0.15, 0.2) is 0 Å². The van der Waals surface area contributed by atoms with Crippen LogP contribution >= 0.6 is 0 Å². The van der Waals surface area contributed by atoms with E-state index in [2.05, 4.69) is 0 Å². The lowest BCUT2D eigenvalue weighted by molar-refractivity contribution is -0.136. The predicted molar refractivity (Wildman–Crippen MR) is 48.7 cm³/mol. The van der Waals surface area contributed by atoms with Crippen LogP contribution in [-0.2, 0) is 4.79 Å². The lowest BCUT2D eigenvalue weighted by atomic mass is 10.0. The van der Waals surface area contributed by atoms with Crippen molar-refractivity contribution < 1.29 is 4.79 Å². The fraction of sp³-hybridized carbons (Fsp3) is 0.889. The first-order chi connectivity index (χ1) is 5.52. The van der Waals surface area contributed by atoms with Gasteiger partial charge in [0, 0.05) is 13.1 Å². The van der Waals surface area contributed by atoms with Crippen molar-refractivity contribution >= 4 is 5.91 Å². The Hall–Kier alpha value is -0.570. The van der Waals surface area contributed by atoms with Crippen LogP contribution < -0.4 is 5.73 Å². The van der Waals surface area contributed by atoms with Crippen molar-refractivity contribution in [2.75, 3.05) is 13.1 Å². The molecule has 3 nitrogen and oxygen atoms in total. The Morgan fingerprint density at radius 3 is 2.17 bits per heavy atom. The highest BCUT2D eigenvalue weighted by Crippen LogP contribution is 2.12. The van der Waals surface area contributed by atoms with Crippen LogP contribution in [0.4, 0.5) is 0 Å². The van der Waals surface area contributed by atoms with Crippen LogP contribution in [-0.4, -0.2) is 29.4 Å². The summed E-state index contributed by atoms with van der Waals surface area (Å²) in [5.41, 5.74) is 5.02. The number of carbonyl (C=O) groups is 1. The maximum atomic E-state index is 11.6. The van der Waals surface area contributed by atoms with Crippen molar-refractivity contribution in [1.29, 1.82) is 0 Å². The standard InChI is InChI=1S/C9H18N2O/c1-9(2,10)8(12)11-6-4-3-5-7-11/h3-7,10H2,1-2H3. The SMILES string of the molecule is CC(C)(N)C(=O)N1CCCCC1. The molecule has 0 radical (unpaired) electrons. The van der Waals surface area contributed by atoms with Gasteiger partial charge in [0.05, 0.1) is 5.54 Å². The third kappa shape index (κ3) is 2.21. The van der Waals surface area contributed by atoms with E-state index in [9.17, 15) is 4.79 Å². The maximum Gasteiger partial charge on any atom is 0.242 e. The number of nitrogens with two attached hydrogens (primary N) is 1. The number of rotatable bonds is 1. The summed E-state index contributed by atoms with van der Waals surface area (Å²) in [5.74, 6) is 0.0854. The van der Waals surface area contributed by atoms with E-state index in [0.717, 1.165) is 25.9 Å². The first kappa shape index (κ1) is 9.52. The molecule has 0 atom stereocenters. The predicted octanol–water partition coefficient (Wildman–Crippen LogP) is 0.736. The lowest BCUT2D eigenvalue weighted by Gasteiger charge is -2.32. The summed E-state index contributed by atoms with van der Waals surface area (Å²) in [6.45, 7) is 5.31. The molecule has 0 unspecified atom stereocenters. The van der Waals surface area contributed by atoms with E-state index in [-0.39, 0.29) is 5.91 Å². The van der Waals surface area contributed by atoms with Crippen LogP contribution in [0.2, 0.25) is 0 Å². The van der Waals surface area contributed by atoms with E-state index >= 15 is 0 Å². The summed E-state index contributed by atoms with van der Waals surface area (Å²) < 4.78 is 0. The van der Waals surface area contributed by atoms with E-state index in [0.29, 0.717) is 0 Å². The van der Waals surface area contributed by atoms with Gasteiger partial charge in [-0.3, -0.25) is 4.79 Å². The van der Waals surface area contributed by atoms with Crippen molar-refractivity contribution in [3.8, 4) is 0 Å². The Kier molecular flexibility index (Phi) is 2.73. The number of hydrogen-bond donors (Lipinski definition) is 1. The highest BCUT2D eigenvalue weighted by molar-refractivity contribution is 5.85. The Labute approximate surface area is 73.9 Å². The molecule has 1 rings (SSSR count). The molecule has 0 saturated carbocycles. The molecule has 1 aliphatic rings. The van der Waals surface area contributed by atoms with E-state index in [4.69, 9.17) is 5.73 Å². The van der Waals surface area contributed by atoms with Crippen LogP contribution in [0, 0.1) is 0 Å². The summed E-state index contributed by atoms with van der Waals surface area (Å²) in [7, 11) is 0. The van der Waals surface area contributed by atoms with Crippen molar-refractivity contribution in [2.45, 2.75) is 38.6 Å². The van der Waals surface area contributed by atoms with E-state index < -0.39 is 5.54 Å². The van der Waals surface area contributed by atoms with Gasteiger partial charge in [-0.25, -0.2) is 0 Å². The second-order valence-corrected chi connectivity index (χ2v) is 4.07. The molecule has 1 fully saturated rings. The Balaban J connectivity index is 2.51. The summed E-state index contributed by atoms with van der Waals surface area (Å²) in [5, 5.41) is 0. The van der Waals surface area contributed by atoms with Gasteiger partial charge in [0.2, 0.25) is 5.91 Å². The molecule has 0 aromatic heterocycles. The molecule has 1 heterocycles. The minimum Gasteiger partial charge on any atom is -0.341 e. The van der Waals surface area contributed by atoms with Gasteiger partial charge in [-0.05, 0) is 33.1 Å². The maximum absolute atomic E-state index is 11.6. The Bertz CT molecular complexity index is 166. The molecule has 0 aromatic carbocycles. The van der Waals surface area contributed by atoms with Crippen LogP contribution in [0.1, 0.15) is 33.1 Å². The van der Waals surface area contributed by atoms with Gasteiger partial charge in [-0.15, -0.1) is 0 Å². The van der Waals surface area contributed by atoms with Gasteiger partial charge < -0.3 is 10.6 Å². The molecule has 1 aliphatic heterocycles. The Morgan fingerprint density at radius 1 is 1.25 bits per heavy atom. The fourth-order valence-corrected chi connectivity index (χ4v) is 1.50. The topological polar surface area (TPSA) is 46.3 Å². The van der Waals surface area contributed by atoms with Crippen molar-refractivity contribution in [3.05, 3.63) is 0 Å². The molecule has 0 bridgehead atoms. The van der Waals surface area contributed by atoms with Crippen molar-refractivity contribution in [2.24, 2.45) is 5.73 Å². The van der Waals surface area contributed by atoms with E-state index in [1.165, 1.54) is 6.42 Å². The first-order valence-corrected chi connectivity index (χ1v) is 4.60. The third-order valence-electron chi connectivity index (χ3n) is 2.19. The minimum absolute atomic E-state index is 0.0854. The first-order valence-electron chi connectivity index (χ1n) is 4.60. The molecule has 0 aliphatic carbocycles. The Morgan fingerprint density at radius 2 is 1.75 bits per heavy atom. The monoisotopic (exact) mass is 170 g/mol. The summed E-state index contributed by atoms with van der Waals surface area (Å²) in [6.07, 6.45) is 3.50. The third-order valence-corrected chi connectivity index (χ3v) is 2.19. The molecule has 70 valence electrons. The molecule has 0 spiro atoms. The summed E-state index contributed by atoms with van der Waals surface area (Å²) in [4.78, 5) is 13.5. The smallest absolute Gasteiger partial charge is 0.242 e. The van der Waals surface area contributed by atoms with E-state index in [1.54, 1.807) is 13.8 Å². The van der Waals surface area contributed by atoms with Gasteiger partial charge in [0.15, 0.2) is 0 Å². The zero-order valence-corrected chi connectivity index (χ0v) is 7.97. The van der Waals surface area contributed by atoms with Crippen LogP contribution in [0.3, 0.4) is 0 Å². The number of amides is 1. The zero-order chi connectivity index (χ0) is 9.19. The summed E-state index contributed by atoms with van der Waals surface area (Å²) >= 11 is 0. The van der Waals surface area contributed by atoms with Crippen LogP contribution in [0.5, 0.6) is 0 Å². The zero-order valence-electron chi connectivity index (χ0n) is 7.97. The molecule has 3 heteroatoms. The molecule has 1 saturated heterocycles. The number of piperidine rings is 1. The molecular weight excluding hydrogens is 152 g/mol. The molecule has 12 heavy (non-hydrogen) atoms. The largest absolute Gasteiger partial charge is 0.341 e. The number of likely N-dealkylation sites (tertiary alicyclic amines) is 1. The number of hydrogen-bond acceptors (Lipinski definition) is 2. The molecular formula is C9H18N2O. The van der Waals surface area contributed by atoms with Crippen LogP contribution in [0.25, 0.3) is 0 Å². The van der Waals surface area contributed by atoms with Gasteiger partial charge in [-0.2, -0.15) is 0 Å². The van der Waals surface area contributed by atoms with Crippen molar-refractivity contribution in [3.63, 3.8) is 0 Å². The van der Waals surface area contributed by atoms with E-state index in [1.807, 2.05) is 4.90 Å². The highest BCUT2D eigenvalue weighted by atomic mass is 16.2. The molecule has 0 aromatic rings. The number of carbonyl (C=O) groups excluding carboxylic acids is 1. The van der Waals surface area contributed by atoms with Gasteiger partial charge >= 0.3 is 0 Å². The van der Waals surface area contributed by atoms with Crippen molar-refractivity contribution in [1.82, 2.24) is 4.90 Å². The molecule has 2 N–H and O–H groups in total. The second-order valence-electron chi connectivity index (χ2n) is 4.07. The normalized spacial score (nSPS) is 19.4. The van der Waals surface area contributed by atoms with Gasteiger partial charge in [0.1, 0.15) is 0 Å². The lowest BCUT2D eigenvalue weighted by Crippen LogP contribution is -2.52.